The van der Waals surface area contributed by atoms with Crippen LogP contribution in [0.3, 0.4) is 0 Å². The summed E-state index contributed by atoms with van der Waals surface area (Å²) in [6.45, 7) is 3.12. The van der Waals surface area contributed by atoms with Gasteiger partial charge in [0.05, 0.1) is 6.54 Å². The molecule has 1 aliphatic heterocycles. The first-order chi connectivity index (χ1) is 7.22. The van der Waals surface area contributed by atoms with Gasteiger partial charge in [-0.1, -0.05) is 23.7 Å². The van der Waals surface area contributed by atoms with Crippen molar-refractivity contribution in [2.75, 3.05) is 13.1 Å². The van der Waals surface area contributed by atoms with Crippen molar-refractivity contribution in [3.8, 4) is 0 Å². The van der Waals surface area contributed by atoms with Crippen molar-refractivity contribution in [2.45, 2.75) is 13.1 Å². The van der Waals surface area contributed by atoms with Gasteiger partial charge in [-0.15, -0.1) is 0 Å². The van der Waals surface area contributed by atoms with Gasteiger partial charge in [-0.3, -0.25) is 10.1 Å². The second kappa shape index (κ2) is 4.21. The number of carbonyl (C=O) groups is 1. The van der Waals surface area contributed by atoms with E-state index in [9.17, 15) is 4.79 Å². The van der Waals surface area contributed by atoms with Crippen LogP contribution in [0, 0.1) is 0 Å². The second-order valence-corrected chi connectivity index (χ2v) is 3.95. The highest BCUT2D eigenvalue weighted by atomic mass is 35.5. The van der Waals surface area contributed by atoms with Gasteiger partial charge in [0.25, 0.3) is 0 Å². The molecule has 0 aliphatic carbocycles. The van der Waals surface area contributed by atoms with E-state index in [4.69, 9.17) is 11.6 Å². The molecule has 1 fully saturated rings. The highest BCUT2D eigenvalue weighted by Crippen LogP contribution is 2.23. The quantitative estimate of drug-likeness (QED) is 0.831. The van der Waals surface area contributed by atoms with E-state index < -0.39 is 0 Å². The maximum absolute atomic E-state index is 11.5. The number of nitrogens with one attached hydrogen (secondary N) is 1. The van der Waals surface area contributed by atoms with Gasteiger partial charge in [0.1, 0.15) is 6.17 Å². The van der Waals surface area contributed by atoms with E-state index >= 15 is 0 Å². The van der Waals surface area contributed by atoms with E-state index in [2.05, 4.69) is 5.32 Å². The lowest BCUT2D eigenvalue weighted by molar-refractivity contribution is -0.127. The fraction of sp³-hybridized carbons (Fsp3) is 0.364. The van der Waals surface area contributed by atoms with Crippen LogP contribution >= 0.6 is 11.6 Å². The summed E-state index contributed by atoms with van der Waals surface area (Å²) in [5.41, 5.74) is 1.08. The molecule has 1 heterocycles. The fourth-order valence-electron chi connectivity index (χ4n) is 1.84. The fourth-order valence-corrected chi connectivity index (χ4v) is 1.97. The predicted molar refractivity (Wildman–Crippen MR) is 59.6 cm³/mol. The topological polar surface area (TPSA) is 32.3 Å². The Kier molecular flexibility index (Phi) is 2.93. The number of benzene rings is 1. The van der Waals surface area contributed by atoms with Crippen LogP contribution in [0.2, 0.25) is 5.02 Å². The average molecular weight is 225 g/mol. The van der Waals surface area contributed by atoms with Crippen LogP contribution in [0.1, 0.15) is 18.7 Å². The van der Waals surface area contributed by atoms with E-state index in [-0.39, 0.29) is 12.1 Å². The first-order valence-corrected chi connectivity index (χ1v) is 5.38. The number of hydrogen-bond acceptors (Lipinski definition) is 2. The first kappa shape index (κ1) is 10.5. The van der Waals surface area contributed by atoms with Crippen LogP contribution in [0.15, 0.2) is 24.3 Å². The van der Waals surface area contributed by atoms with Crippen molar-refractivity contribution in [1.82, 2.24) is 10.2 Å². The van der Waals surface area contributed by atoms with Gasteiger partial charge in [0.15, 0.2) is 0 Å². The summed E-state index contributed by atoms with van der Waals surface area (Å²) in [5, 5.41) is 3.89. The molecule has 1 aromatic rings. The van der Waals surface area contributed by atoms with Gasteiger partial charge >= 0.3 is 0 Å². The Hall–Kier alpha value is -1.06. The van der Waals surface area contributed by atoms with Crippen molar-refractivity contribution in [3.63, 3.8) is 0 Å². The van der Waals surface area contributed by atoms with Crippen LogP contribution < -0.4 is 5.32 Å². The summed E-state index contributed by atoms with van der Waals surface area (Å²) >= 11 is 5.82. The molecule has 1 unspecified atom stereocenters. The highest BCUT2D eigenvalue weighted by Gasteiger charge is 2.29. The van der Waals surface area contributed by atoms with Crippen LogP contribution in [0.4, 0.5) is 0 Å². The third kappa shape index (κ3) is 1.98. The molecular weight excluding hydrogens is 212 g/mol. The molecule has 0 spiro atoms. The zero-order valence-corrected chi connectivity index (χ0v) is 9.29. The molecule has 0 saturated carbocycles. The molecule has 1 saturated heterocycles. The van der Waals surface area contributed by atoms with Gasteiger partial charge in [-0.25, -0.2) is 0 Å². The molecule has 1 N–H and O–H groups in total. The minimum absolute atomic E-state index is 0.000216. The van der Waals surface area contributed by atoms with Gasteiger partial charge in [0, 0.05) is 11.6 Å². The summed E-state index contributed by atoms with van der Waals surface area (Å²) in [4.78, 5) is 13.3. The summed E-state index contributed by atoms with van der Waals surface area (Å²) in [6.07, 6.45) is -0.000216. The zero-order valence-electron chi connectivity index (χ0n) is 8.53. The van der Waals surface area contributed by atoms with Gasteiger partial charge in [0.2, 0.25) is 5.91 Å². The number of nitrogens with zero attached hydrogens (tertiary/aromatic N) is 1. The third-order valence-electron chi connectivity index (χ3n) is 2.61. The lowest BCUT2D eigenvalue weighted by atomic mass is 10.1. The minimum Gasteiger partial charge on any atom is -0.322 e. The van der Waals surface area contributed by atoms with E-state index in [1.54, 1.807) is 0 Å². The Morgan fingerprint density at radius 2 is 2.13 bits per heavy atom. The van der Waals surface area contributed by atoms with Crippen molar-refractivity contribution >= 4 is 17.5 Å². The predicted octanol–water partition coefficient (Wildman–Crippen LogP) is 1.79. The molecule has 15 heavy (non-hydrogen) atoms. The molecule has 80 valence electrons. The molecule has 0 radical (unpaired) electrons. The Morgan fingerprint density at radius 1 is 1.47 bits per heavy atom. The van der Waals surface area contributed by atoms with E-state index in [1.165, 1.54) is 0 Å². The zero-order chi connectivity index (χ0) is 10.8. The van der Waals surface area contributed by atoms with Crippen molar-refractivity contribution in [2.24, 2.45) is 0 Å². The van der Waals surface area contributed by atoms with Crippen molar-refractivity contribution in [3.05, 3.63) is 34.9 Å². The lowest BCUT2D eigenvalue weighted by Crippen LogP contribution is -2.29. The van der Waals surface area contributed by atoms with Crippen LogP contribution in [0.25, 0.3) is 0 Å². The smallest absolute Gasteiger partial charge is 0.238 e. The van der Waals surface area contributed by atoms with E-state index in [0.29, 0.717) is 11.6 Å². The normalized spacial score (nSPS) is 21.1. The molecular formula is C11H13ClN2O. The number of carbonyl (C=O) groups excluding carboxylic acids is 1. The number of likely N-dealkylation sites (N-methyl/N-ethyl adjacent to an activating group) is 1. The molecule has 4 heteroatoms. The largest absolute Gasteiger partial charge is 0.322 e. The second-order valence-electron chi connectivity index (χ2n) is 3.51. The number of amides is 1. The van der Waals surface area contributed by atoms with Crippen LogP contribution in [-0.4, -0.2) is 23.9 Å². The average Bonchev–Trinajstić information content (AvgIpc) is 2.61. The summed E-state index contributed by atoms with van der Waals surface area (Å²) in [5.74, 6) is 0.150. The molecule has 0 aromatic heterocycles. The molecule has 1 aromatic carbocycles. The Bertz CT molecular complexity index is 363. The number of rotatable bonds is 2. The number of hydrogen-bond donors (Lipinski definition) is 1. The standard InChI is InChI=1S/C11H13ClN2O/c1-2-14-10(15)7-13-11(14)8-3-5-9(12)6-4-8/h3-6,11,13H,2,7H2,1H3. The lowest BCUT2D eigenvalue weighted by Gasteiger charge is -2.22. The minimum atomic E-state index is -0.000216. The van der Waals surface area contributed by atoms with Crippen molar-refractivity contribution in [1.29, 1.82) is 0 Å². The SMILES string of the molecule is CCN1C(=O)CNC1c1ccc(Cl)cc1. The molecule has 1 atom stereocenters. The maximum Gasteiger partial charge on any atom is 0.238 e. The monoisotopic (exact) mass is 224 g/mol. The molecule has 3 nitrogen and oxygen atoms in total. The Balaban J connectivity index is 2.23. The highest BCUT2D eigenvalue weighted by molar-refractivity contribution is 6.30. The summed E-state index contributed by atoms with van der Waals surface area (Å²) < 4.78 is 0. The Labute approximate surface area is 94.0 Å². The van der Waals surface area contributed by atoms with Gasteiger partial charge < -0.3 is 4.90 Å². The number of halogens is 1. The van der Waals surface area contributed by atoms with E-state index in [1.807, 2.05) is 36.1 Å². The molecule has 0 bridgehead atoms. The van der Waals surface area contributed by atoms with Gasteiger partial charge in [-0.05, 0) is 24.6 Å². The summed E-state index contributed by atoms with van der Waals surface area (Å²) in [6, 6.07) is 7.58. The van der Waals surface area contributed by atoms with Gasteiger partial charge in [-0.2, -0.15) is 0 Å². The Morgan fingerprint density at radius 3 is 2.73 bits per heavy atom. The third-order valence-corrected chi connectivity index (χ3v) is 2.86. The molecule has 1 aliphatic rings. The first-order valence-electron chi connectivity index (χ1n) is 5.00. The maximum atomic E-state index is 11.5. The summed E-state index contributed by atoms with van der Waals surface area (Å²) in [7, 11) is 0. The molecule has 2 rings (SSSR count). The van der Waals surface area contributed by atoms with E-state index in [0.717, 1.165) is 12.1 Å². The van der Waals surface area contributed by atoms with Crippen molar-refractivity contribution < 1.29 is 4.79 Å². The molecule has 1 amide bonds. The van der Waals surface area contributed by atoms with Crippen LogP contribution in [0.5, 0.6) is 0 Å². The van der Waals surface area contributed by atoms with Crippen LogP contribution in [-0.2, 0) is 4.79 Å².